The largest absolute Gasteiger partial charge is 0.306 e. The average molecular weight is 323 g/mol. The topological polar surface area (TPSA) is 24.9 Å². The number of hydrogen-bond acceptors (Lipinski definition) is 2. The highest BCUT2D eigenvalue weighted by Crippen LogP contribution is 2.26. The molecule has 4 heteroatoms. The van der Waals surface area contributed by atoms with Gasteiger partial charge in [0.25, 0.3) is 0 Å². The fourth-order valence-electron chi connectivity index (χ4n) is 2.12. The van der Waals surface area contributed by atoms with Gasteiger partial charge in [-0.05, 0) is 64.3 Å². The highest BCUT2D eigenvalue weighted by Gasteiger charge is 2.16. The van der Waals surface area contributed by atoms with E-state index in [4.69, 9.17) is 0 Å². The molecule has 0 aliphatic heterocycles. The minimum Gasteiger partial charge on any atom is -0.306 e. The maximum atomic E-state index is 13.5. The molecule has 0 aliphatic carbocycles. The van der Waals surface area contributed by atoms with Crippen molar-refractivity contribution in [2.45, 2.75) is 19.9 Å². The third-order valence-electron chi connectivity index (χ3n) is 3.02. The molecule has 100 valence electrons. The van der Waals surface area contributed by atoms with E-state index in [1.54, 1.807) is 18.3 Å². The molecule has 0 saturated carbocycles. The lowest BCUT2D eigenvalue weighted by Crippen LogP contribution is -2.23. The number of rotatable bonds is 4. The van der Waals surface area contributed by atoms with Crippen LogP contribution in [0.15, 0.2) is 41.1 Å². The number of hydrogen-bond donors (Lipinski definition) is 1. The van der Waals surface area contributed by atoms with E-state index in [1.165, 1.54) is 6.07 Å². The van der Waals surface area contributed by atoms with Gasteiger partial charge in [0, 0.05) is 16.9 Å². The fraction of sp³-hybridized carbons (Fsp3) is 0.267. The minimum absolute atomic E-state index is 0.0503. The van der Waals surface area contributed by atoms with Gasteiger partial charge in [0.1, 0.15) is 5.82 Å². The summed E-state index contributed by atoms with van der Waals surface area (Å²) in [6.45, 7) is 4.82. The Morgan fingerprint density at radius 3 is 2.79 bits per heavy atom. The maximum Gasteiger partial charge on any atom is 0.123 e. The Kier molecular flexibility index (Phi) is 4.66. The summed E-state index contributed by atoms with van der Waals surface area (Å²) < 4.78 is 14.4. The number of halogens is 2. The van der Waals surface area contributed by atoms with Gasteiger partial charge >= 0.3 is 0 Å². The molecule has 1 heterocycles. The van der Waals surface area contributed by atoms with Crippen LogP contribution in [0.3, 0.4) is 0 Å². The summed E-state index contributed by atoms with van der Waals surface area (Å²) in [5.41, 5.74) is 3.03. The first kappa shape index (κ1) is 14.2. The Morgan fingerprint density at radius 1 is 1.32 bits per heavy atom. The summed E-state index contributed by atoms with van der Waals surface area (Å²) in [4.78, 5) is 4.18. The van der Waals surface area contributed by atoms with Crippen LogP contribution in [0.25, 0.3) is 0 Å². The van der Waals surface area contributed by atoms with Gasteiger partial charge in [-0.15, -0.1) is 0 Å². The van der Waals surface area contributed by atoms with Crippen molar-refractivity contribution >= 4 is 15.9 Å². The molecule has 0 amide bonds. The van der Waals surface area contributed by atoms with Crippen molar-refractivity contribution in [3.8, 4) is 0 Å². The number of nitrogens with one attached hydrogen (secondary N) is 1. The number of aromatic nitrogens is 1. The summed E-state index contributed by atoms with van der Waals surface area (Å²) in [5.74, 6) is -0.216. The molecule has 2 nitrogen and oxygen atoms in total. The van der Waals surface area contributed by atoms with Crippen molar-refractivity contribution in [3.05, 3.63) is 63.6 Å². The van der Waals surface area contributed by atoms with Crippen molar-refractivity contribution in [2.75, 3.05) is 6.54 Å². The molecule has 0 fully saturated rings. The summed E-state index contributed by atoms with van der Waals surface area (Å²) in [6, 6.07) is 6.83. The van der Waals surface area contributed by atoms with Crippen molar-refractivity contribution in [1.29, 1.82) is 0 Å². The van der Waals surface area contributed by atoms with Gasteiger partial charge in [-0.1, -0.05) is 13.0 Å². The quantitative estimate of drug-likeness (QED) is 0.920. The molecule has 0 bridgehead atoms. The normalized spacial score (nSPS) is 12.4. The van der Waals surface area contributed by atoms with Crippen LogP contribution in [0.2, 0.25) is 0 Å². The molecule has 19 heavy (non-hydrogen) atoms. The number of nitrogens with zero attached hydrogens (tertiary/aromatic N) is 1. The first-order chi connectivity index (χ1) is 9.11. The molecule has 1 aromatic carbocycles. The second kappa shape index (κ2) is 6.26. The van der Waals surface area contributed by atoms with Gasteiger partial charge < -0.3 is 5.32 Å². The third-order valence-corrected chi connectivity index (χ3v) is 3.45. The monoisotopic (exact) mass is 322 g/mol. The first-order valence-corrected chi connectivity index (χ1v) is 7.01. The van der Waals surface area contributed by atoms with Crippen LogP contribution in [0.5, 0.6) is 0 Å². The number of aryl methyl sites for hydroxylation is 1. The van der Waals surface area contributed by atoms with Crippen LogP contribution in [0.4, 0.5) is 4.39 Å². The Hall–Kier alpha value is -1.26. The average Bonchev–Trinajstić information content (AvgIpc) is 2.39. The molecular weight excluding hydrogens is 307 g/mol. The fourth-order valence-corrected chi connectivity index (χ4v) is 2.50. The van der Waals surface area contributed by atoms with E-state index < -0.39 is 0 Å². The number of benzene rings is 1. The van der Waals surface area contributed by atoms with Crippen LogP contribution in [-0.4, -0.2) is 11.5 Å². The van der Waals surface area contributed by atoms with E-state index in [2.05, 4.69) is 26.2 Å². The molecule has 0 spiro atoms. The van der Waals surface area contributed by atoms with Gasteiger partial charge in [0.2, 0.25) is 0 Å². The molecular formula is C15H16BrFN2. The van der Waals surface area contributed by atoms with Crippen LogP contribution < -0.4 is 5.32 Å². The van der Waals surface area contributed by atoms with E-state index in [9.17, 15) is 4.39 Å². The lowest BCUT2D eigenvalue weighted by atomic mass is 9.96. The molecule has 1 unspecified atom stereocenters. The van der Waals surface area contributed by atoms with Gasteiger partial charge in [-0.2, -0.15) is 0 Å². The maximum absolute atomic E-state index is 13.5. The van der Waals surface area contributed by atoms with Crippen LogP contribution >= 0.6 is 15.9 Å². The summed E-state index contributed by atoms with van der Waals surface area (Å²) in [7, 11) is 0. The summed E-state index contributed by atoms with van der Waals surface area (Å²) in [6.07, 6.45) is 3.55. The standard InChI is InChI=1S/C15H16BrFN2/c1-3-19-15(11-6-12(16)9-18-8-11)14-7-13(17)5-4-10(14)2/h4-9,15,19H,3H2,1-2H3. The van der Waals surface area contributed by atoms with E-state index in [1.807, 2.05) is 26.1 Å². The number of pyridine rings is 1. The first-order valence-electron chi connectivity index (χ1n) is 6.21. The van der Waals surface area contributed by atoms with E-state index in [0.717, 1.165) is 27.7 Å². The molecule has 1 aromatic heterocycles. The van der Waals surface area contributed by atoms with Crippen molar-refractivity contribution < 1.29 is 4.39 Å². The smallest absolute Gasteiger partial charge is 0.123 e. The highest BCUT2D eigenvalue weighted by molar-refractivity contribution is 9.10. The third kappa shape index (κ3) is 3.39. The van der Waals surface area contributed by atoms with Gasteiger partial charge in [-0.25, -0.2) is 4.39 Å². The van der Waals surface area contributed by atoms with Gasteiger partial charge in [-0.3, -0.25) is 4.98 Å². The Balaban J connectivity index is 2.48. The lowest BCUT2D eigenvalue weighted by molar-refractivity contribution is 0.599. The molecule has 1 atom stereocenters. The van der Waals surface area contributed by atoms with E-state index in [-0.39, 0.29) is 11.9 Å². The summed E-state index contributed by atoms with van der Waals surface area (Å²) >= 11 is 3.42. The van der Waals surface area contributed by atoms with Crippen molar-refractivity contribution in [3.63, 3.8) is 0 Å². The van der Waals surface area contributed by atoms with Gasteiger partial charge in [0.05, 0.1) is 6.04 Å². The minimum atomic E-state index is -0.216. The van der Waals surface area contributed by atoms with E-state index >= 15 is 0 Å². The van der Waals surface area contributed by atoms with Crippen LogP contribution in [0.1, 0.15) is 29.7 Å². The van der Waals surface area contributed by atoms with Crippen LogP contribution in [-0.2, 0) is 0 Å². The van der Waals surface area contributed by atoms with E-state index in [0.29, 0.717) is 0 Å². The molecule has 1 N–H and O–H groups in total. The Bertz CT molecular complexity index is 572. The molecule has 2 aromatic rings. The van der Waals surface area contributed by atoms with Crippen LogP contribution in [0, 0.1) is 12.7 Å². The second-order valence-corrected chi connectivity index (χ2v) is 5.34. The second-order valence-electron chi connectivity index (χ2n) is 4.43. The SMILES string of the molecule is CCNC(c1cncc(Br)c1)c1cc(F)ccc1C. The zero-order valence-corrected chi connectivity index (χ0v) is 12.5. The predicted octanol–water partition coefficient (Wildman–Crippen LogP) is 3.99. The van der Waals surface area contributed by atoms with Crippen molar-refractivity contribution in [2.24, 2.45) is 0 Å². The molecule has 2 rings (SSSR count). The predicted molar refractivity (Wildman–Crippen MR) is 78.6 cm³/mol. The Morgan fingerprint density at radius 2 is 2.11 bits per heavy atom. The van der Waals surface area contributed by atoms with Crippen molar-refractivity contribution in [1.82, 2.24) is 10.3 Å². The molecule has 0 saturated heterocycles. The van der Waals surface area contributed by atoms with Gasteiger partial charge in [0.15, 0.2) is 0 Å². The zero-order valence-electron chi connectivity index (χ0n) is 11.0. The Labute approximate surface area is 121 Å². The molecule has 0 radical (unpaired) electrons. The summed E-state index contributed by atoms with van der Waals surface area (Å²) in [5, 5.41) is 3.38. The highest BCUT2D eigenvalue weighted by atomic mass is 79.9. The lowest BCUT2D eigenvalue weighted by Gasteiger charge is -2.21. The molecule has 0 aliphatic rings. The zero-order chi connectivity index (χ0) is 13.8.